The van der Waals surface area contributed by atoms with Gasteiger partial charge in [-0.05, 0) is 43.9 Å². The first-order valence-corrected chi connectivity index (χ1v) is 10.8. The lowest BCUT2D eigenvalue weighted by molar-refractivity contribution is 0.0957. The van der Waals surface area contributed by atoms with Crippen LogP contribution in [0.5, 0.6) is 5.75 Å². The molecule has 0 bridgehead atoms. The lowest BCUT2D eigenvalue weighted by atomic mass is 9.98. The van der Waals surface area contributed by atoms with E-state index in [1.165, 1.54) is 16.9 Å². The number of nitrogens with zero attached hydrogens (tertiary/aromatic N) is 2. The molecule has 1 heterocycles. The quantitative estimate of drug-likeness (QED) is 0.314. The van der Waals surface area contributed by atoms with Crippen molar-refractivity contribution in [2.45, 2.75) is 33.1 Å². The molecule has 1 atom stereocenters. The van der Waals surface area contributed by atoms with E-state index in [0.29, 0.717) is 23.9 Å². The standard InChI is InChI=1S/C21H31N5O2S/c1-5-22-21(25-13-12-23-20(27)19-16(3)26-14-29-19)24-11-10-15(2)17-6-8-18(28-4)9-7-17/h6-9,14-15H,5,10-13H2,1-4H3,(H,23,27)(H2,22,24,25). The minimum Gasteiger partial charge on any atom is -0.497 e. The van der Waals surface area contributed by atoms with Crippen LogP contribution in [0.4, 0.5) is 0 Å². The van der Waals surface area contributed by atoms with Gasteiger partial charge < -0.3 is 20.7 Å². The molecule has 0 aliphatic rings. The Hall–Kier alpha value is -2.61. The molecule has 1 aromatic carbocycles. The number of carbonyl (C=O) groups is 1. The lowest BCUT2D eigenvalue weighted by Gasteiger charge is -2.14. The highest BCUT2D eigenvalue weighted by atomic mass is 32.1. The number of nitrogens with one attached hydrogen (secondary N) is 3. The minimum absolute atomic E-state index is 0.0814. The molecule has 0 saturated carbocycles. The largest absolute Gasteiger partial charge is 0.497 e. The third-order valence-electron chi connectivity index (χ3n) is 4.52. The Morgan fingerprint density at radius 1 is 1.21 bits per heavy atom. The highest BCUT2D eigenvalue weighted by Crippen LogP contribution is 2.21. The van der Waals surface area contributed by atoms with Crippen molar-refractivity contribution < 1.29 is 9.53 Å². The van der Waals surface area contributed by atoms with Gasteiger partial charge in [0.25, 0.3) is 5.91 Å². The Balaban J connectivity index is 1.75. The van der Waals surface area contributed by atoms with Gasteiger partial charge in [-0.15, -0.1) is 11.3 Å². The Bertz CT molecular complexity index is 789. The van der Waals surface area contributed by atoms with Crippen molar-refractivity contribution in [3.8, 4) is 5.75 Å². The maximum absolute atomic E-state index is 12.1. The number of thiazole rings is 1. The third-order valence-corrected chi connectivity index (χ3v) is 5.44. The molecule has 3 N–H and O–H groups in total. The molecule has 8 heteroatoms. The summed E-state index contributed by atoms with van der Waals surface area (Å²) < 4.78 is 5.21. The van der Waals surface area contributed by atoms with E-state index < -0.39 is 0 Å². The van der Waals surface area contributed by atoms with Crippen molar-refractivity contribution in [3.05, 3.63) is 45.9 Å². The van der Waals surface area contributed by atoms with Crippen LogP contribution in [0.2, 0.25) is 0 Å². The molecule has 0 saturated heterocycles. The highest BCUT2D eigenvalue weighted by molar-refractivity contribution is 7.11. The third kappa shape index (κ3) is 7.38. The molecule has 0 radical (unpaired) electrons. The van der Waals surface area contributed by atoms with Crippen molar-refractivity contribution in [1.82, 2.24) is 20.9 Å². The van der Waals surface area contributed by atoms with Gasteiger partial charge in [0.2, 0.25) is 0 Å². The van der Waals surface area contributed by atoms with Crippen LogP contribution in [0.15, 0.2) is 34.8 Å². The molecule has 29 heavy (non-hydrogen) atoms. The van der Waals surface area contributed by atoms with E-state index in [2.05, 4.69) is 45.0 Å². The average molecular weight is 418 g/mol. The number of benzene rings is 1. The molecule has 0 aliphatic carbocycles. The summed E-state index contributed by atoms with van der Waals surface area (Å²) >= 11 is 1.36. The summed E-state index contributed by atoms with van der Waals surface area (Å²) in [6, 6.07) is 8.18. The van der Waals surface area contributed by atoms with Crippen molar-refractivity contribution in [2.24, 2.45) is 4.99 Å². The van der Waals surface area contributed by atoms with E-state index in [4.69, 9.17) is 4.74 Å². The smallest absolute Gasteiger partial charge is 0.263 e. The van der Waals surface area contributed by atoms with Gasteiger partial charge in [0.1, 0.15) is 10.6 Å². The predicted octanol–water partition coefficient (Wildman–Crippen LogP) is 2.94. The molecular formula is C21H31N5O2S. The van der Waals surface area contributed by atoms with Crippen LogP contribution in [0.1, 0.15) is 47.1 Å². The summed E-state index contributed by atoms with van der Waals surface area (Å²) in [4.78, 5) is 21.5. The first-order chi connectivity index (χ1) is 14.0. The fraction of sp³-hybridized carbons (Fsp3) is 0.476. The normalized spacial score (nSPS) is 12.3. The Morgan fingerprint density at radius 2 is 1.93 bits per heavy atom. The minimum atomic E-state index is -0.0814. The van der Waals surface area contributed by atoms with Gasteiger partial charge in [-0.1, -0.05) is 19.1 Å². The molecule has 0 fully saturated rings. The van der Waals surface area contributed by atoms with Gasteiger partial charge in [-0.25, -0.2) is 4.98 Å². The van der Waals surface area contributed by atoms with Crippen LogP contribution >= 0.6 is 11.3 Å². The summed E-state index contributed by atoms with van der Waals surface area (Å²) in [5.41, 5.74) is 3.73. The van der Waals surface area contributed by atoms with Crippen LogP contribution < -0.4 is 20.7 Å². The van der Waals surface area contributed by atoms with E-state index in [1.807, 2.05) is 26.0 Å². The van der Waals surface area contributed by atoms with Gasteiger partial charge in [0, 0.05) is 26.2 Å². The molecule has 1 amide bonds. The molecule has 1 unspecified atom stereocenters. The number of amides is 1. The van der Waals surface area contributed by atoms with E-state index in [9.17, 15) is 4.79 Å². The lowest BCUT2D eigenvalue weighted by Crippen LogP contribution is -2.41. The molecule has 2 rings (SSSR count). The number of aliphatic imine (C=N–C) groups is 1. The average Bonchev–Trinajstić information content (AvgIpc) is 3.16. The van der Waals surface area contributed by atoms with Crippen molar-refractivity contribution in [3.63, 3.8) is 0 Å². The molecule has 7 nitrogen and oxygen atoms in total. The van der Waals surface area contributed by atoms with E-state index in [0.717, 1.165) is 36.9 Å². The number of carbonyl (C=O) groups excluding carboxylic acids is 1. The second-order valence-electron chi connectivity index (χ2n) is 6.67. The van der Waals surface area contributed by atoms with Gasteiger partial charge in [-0.3, -0.25) is 9.79 Å². The summed E-state index contributed by atoms with van der Waals surface area (Å²) in [6.45, 7) is 8.69. The van der Waals surface area contributed by atoms with Crippen molar-refractivity contribution in [2.75, 3.05) is 33.3 Å². The van der Waals surface area contributed by atoms with Crippen LogP contribution in [0.3, 0.4) is 0 Å². The number of hydrogen-bond acceptors (Lipinski definition) is 5. The Labute approximate surface area is 177 Å². The molecule has 0 aliphatic heterocycles. The Morgan fingerprint density at radius 3 is 2.55 bits per heavy atom. The molecule has 1 aromatic heterocycles. The van der Waals surface area contributed by atoms with Gasteiger partial charge >= 0.3 is 0 Å². The van der Waals surface area contributed by atoms with Crippen molar-refractivity contribution >= 4 is 23.2 Å². The number of hydrogen-bond donors (Lipinski definition) is 3. The van der Waals surface area contributed by atoms with Crippen LogP contribution in [0, 0.1) is 6.92 Å². The second kappa shape index (κ2) is 12.1. The fourth-order valence-corrected chi connectivity index (χ4v) is 3.49. The van der Waals surface area contributed by atoms with Gasteiger partial charge in [-0.2, -0.15) is 0 Å². The summed E-state index contributed by atoms with van der Waals surface area (Å²) in [5, 5.41) is 9.40. The number of rotatable bonds is 10. The van der Waals surface area contributed by atoms with Gasteiger partial charge in [0.05, 0.1) is 18.3 Å². The number of guanidine groups is 1. The summed E-state index contributed by atoms with van der Waals surface area (Å²) in [5.74, 6) is 1.96. The summed E-state index contributed by atoms with van der Waals surface area (Å²) in [6.07, 6.45) is 0.949. The predicted molar refractivity (Wildman–Crippen MR) is 119 cm³/mol. The van der Waals surface area contributed by atoms with E-state index in [-0.39, 0.29) is 5.91 Å². The van der Waals surface area contributed by atoms with E-state index in [1.54, 1.807) is 12.6 Å². The molecule has 2 aromatic rings. The van der Waals surface area contributed by atoms with Crippen LogP contribution in [-0.2, 0) is 0 Å². The van der Waals surface area contributed by atoms with Crippen molar-refractivity contribution in [1.29, 1.82) is 0 Å². The maximum Gasteiger partial charge on any atom is 0.263 e. The SMILES string of the molecule is CCNC(=NCCC(C)c1ccc(OC)cc1)NCCNC(=O)c1scnc1C. The zero-order valence-corrected chi connectivity index (χ0v) is 18.4. The first-order valence-electron chi connectivity index (χ1n) is 9.89. The summed E-state index contributed by atoms with van der Waals surface area (Å²) in [7, 11) is 1.67. The monoisotopic (exact) mass is 417 g/mol. The highest BCUT2D eigenvalue weighted by Gasteiger charge is 2.10. The van der Waals surface area contributed by atoms with E-state index >= 15 is 0 Å². The van der Waals surface area contributed by atoms with Crippen LogP contribution in [0.25, 0.3) is 0 Å². The molecule has 158 valence electrons. The number of methoxy groups -OCH3 is 1. The Kier molecular flexibility index (Phi) is 9.43. The molecular weight excluding hydrogens is 386 g/mol. The molecule has 0 spiro atoms. The fourth-order valence-electron chi connectivity index (χ4n) is 2.77. The van der Waals surface area contributed by atoms with Gasteiger partial charge in [0.15, 0.2) is 5.96 Å². The second-order valence-corrected chi connectivity index (χ2v) is 7.53. The zero-order valence-electron chi connectivity index (χ0n) is 17.6. The number of aromatic nitrogens is 1. The number of aryl methyl sites for hydroxylation is 1. The van der Waals surface area contributed by atoms with Crippen LogP contribution in [-0.4, -0.2) is 50.1 Å². The maximum atomic E-state index is 12.1. The number of ether oxygens (including phenoxy) is 1. The first kappa shape index (κ1) is 22.7. The zero-order chi connectivity index (χ0) is 21.1. The topological polar surface area (TPSA) is 87.6 Å².